The molecule has 1 fully saturated rings. The standard InChI is InChI=1S/C26H31F3N6O4S/c1-15(17-10-18(26(27,28)29)12-19(30)11-17)32-24-20-13-22(31-4-7-39-3)21(14-23(20)33-16(2)34-24)25(36)35-5-8-40(37,38)9-6-35/h10-15,31H,4-9,30H2,1-3H3,(H,32,33,34). The number of halogens is 3. The van der Waals surface area contributed by atoms with Gasteiger partial charge in [-0.3, -0.25) is 4.79 Å². The van der Waals surface area contributed by atoms with Crippen molar-refractivity contribution >= 4 is 43.8 Å². The van der Waals surface area contributed by atoms with Crippen LogP contribution in [-0.2, 0) is 20.8 Å². The summed E-state index contributed by atoms with van der Waals surface area (Å²) in [6.07, 6.45) is -4.55. The molecule has 3 aromatic rings. The number of rotatable bonds is 8. The number of carbonyl (C=O) groups is 1. The van der Waals surface area contributed by atoms with Crippen molar-refractivity contribution in [1.29, 1.82) is 0 Å². The summed E-state index contributed by atoms with van der Waals surface area (Å²) in [5.74, 6) is 0.199. The molecule has 1 amide bonds. The van der Waals surface area contributed by atoms with E-state index in [-0.39, 0.29) is 36.2 Å². The number of sulfone groups is 1. The van der Waals surface area contributed by atoms with Crippen LogP contribution < -0.4 is 16.4 Å². The molecule has 216 valence electrons. The van der Waals surface area contributed by atoms with Crippen molar-refractivity contribution in [2.75, 3.05) is 61.2 Å². The zero-order valence-corrected chi connectivity index (χ0v) is 23.1. The van der Waals surface area contributed by atoms with Crippen LogP contribution in [0.5, 0.6) is 0 Å². The van der Waals surface area contributed by atoms with E-state index in [0.29, 0.717) is 52.5 Å². The number of nitrogens with one attached hydrogen (secondary N) is 2. The Morgan fingerprint density at radius 2 is 1.85 bits per heavy atom. The zero-order chi connectivity index (χ0) is 29.2. The maximum Gasteiger partial charge on any atom is 0.416 e. The van der Waals surface area contributed by atoms with E-state index >= 15 is 0 Å². The molecule has 10 nitrogen and oxygen atoms in total. The maximum absolute atomic E-state index is 13.5. The molecule has 0 radical (unpaired) electrons. The number of aromatic nitrogens is 2. The lowest BCUT2D eigenvalue weighted by Gasteiger charge is -2.28. The van der Waals surface area contributed by atoms with Crippen molar-refractivity contribution in [1.82, 2.24) is 14.9 Å². The van der Waals surface area contributed by atoms with Crippen LogP contribution in [0.3, 0.4) is 0 Å². The number of ether oxygens (including phenoxy) is 1. The lowest BCUT2D eigenvalue weighted by molar-refractivity contribution is -0.137. The molecular weight excluding hydrogens is 549 g/mol. The summed E-state index contributed by atoms with van der Waals surface area (Å²) >= 11 is 0. The molecule has 1 aromatic heterocycles. The van der Waals surface area contributed by atoms with Crippen molar-refractivity contribution in [2.45, 2.75) is 26.1 Å². The van der Waals surface area contributed by atoms with Crippen LogP contribution in [0, 0.1) is 6.92 Å². The normalized spacial score (nSPS) is 16.1. The molecule has 0 aliphatic carbocycles. The van der Waals surface area contributed by atoms with Gasteiger partial charge in [0.15, 0.2) is 9.84 Å². The average molecular weight is 581 g/mol. The van der Waals surface area contributed by atoms with Gasteiger partial charge in [-0.1, -0.05) is 0 Å². The number of aryl methyl sites for hydroxylation is 1. The van der Waals surface area contributed by atoms with Gasteiger partial charge in [0, 0.05) is 43.5 Å². The first-order valence-electron chi connectivity index (χ1n) is 12.6. The molecule has 40 heavy (non-hydrogen) atoms. The van der Waals surface area contributed by atoms with E-state index in [1.165, 1.54) is 11.0 Å². The molecule has 1 atom stereocenters. The van der Waals surface area contributed by atoms with Crippen molar-refractivity contribution in [3.8, 4) is 0 Å². The van der Waals surface area contributed by atoms with Crippen molar-refractivity contribution in [2.24, 2.45) is 0 Å². The van der Waals surface area contributed by atoms with Crippen LogP contribution in [0.4, 0.5) is 30.4 Å². The molecule has 1 saturated heterocycles. The molecule has 0 bridgehead atoms. The van der Waals surface area contributed by atoms with Gasteiger partial charge in [0.25, 0.3) is 5.91 Å². The number of hydrogen-bond acceptors (Lipinski definition) is 9. The Morgan fingerprint density at radius 1 is 1.15 bits per heavy atom. The average Bonchev–Trinajstić information content (AvgIpc) is 2.87. The topological polar surface area (TPSA) is 140 Å². The maximum atomic E-state index is 13.5. The predicted molar refractivity (Wildman–Crippen MR) is 147 cm³/mol. The largest absolute Gasteiger partial charge is 0.416 e. The molecule has 4 N–H and O–H groups in total. The van der Waals surface area contributed by atoms with E-state index < -0.39 is 27.6 Å². The second kappa shape index (κ2) is 11.5. The predicted octanol–water partition coefficient (Wildman–Crippen LogP) is 3.64. The summed E-state index contributed by atoms with van der Waals surface area (Å²) in [6, 6.07) is 6.10. The lowest BCUT2D eigenvalue weighted by atomic mass is 10.0. The SMILES string of the molecule is COCCNc1cc2c(NC(C)c3cc(N)cc(C(F)(F)F)c3)nc(C)nc2cc1C(=O)N1CCS(=O)(=O)CC1. The third kappa shape index (κ3) is 6.73. The van der Waals surface area contributed by atoms with Crippen LogP contribution in [0.2, 0.25) is 0 Å². The zero-order valence-electron chi connectivity index (χ0n) is 22.3. The number of benzene rings is 2. The van der Waals surface area contributed by atoms with Gasteiger partial charge in [-0.2, -0.15) is 13.2 Å². The Balaban J connectivity index is 1.73. The minimum Gasteiger partial charge on any atom is -0.399 e. The van der Waals surface area contributed by atoms with Crippen LogP contribution in [-0.4, -0.2) is 74.0 Å². The number of alkyl halides is 3. The number of anilines is 3. The number of nitrogens with zero attached hydrogens (tertiary/aromatic N) is 3. The lowest BCUT2D eigenvalue weighted by Crippen LogP contribution is -2.43. The van der Waals surface area contributed by atoms with Crippen LogP contribution in [0.1, 0.15) is 40.3 Å². The molecule has 2 heterocycles. The quantitative estimate of drug-likeness (QED) is 0.269. The highest BCUT2D eigenvalue weighted by molar-refractivity contribution is 7.91. The van der Waals surface area contributed by atoms with E-state index in [2.05, 4.69) is 20.6 Å². The van der Waals surface area contributed by atoms with Crippen LogP contribution >= 0.6 is 0 Å². The Morgan fingerprint density at radius 3 is 2.50 bits per heavy atom. The highest BCUT2D eigenvalue weighted by atomic mass is 32.2. The highest BCUT2D eigenvalue weighted by Gasteiger charge is 2.32. The summed E-state index contributed by atoms with van der Waals surface area (Å²) in [7, 11) is -1.63. The van der Waals surface area contributed by atoms with Gasteiger partial charge in [-0.05, 0) is 49.7 Å². The Hall–Kier alpha value is -3.65. The minimum atomic E-state index is -4.55. The van der Waals surface area contributed by atoms with Crippen LogP contribution in [0.15, 0.2) is 30.3 Å². The highest BCUT2D eigenvalue weighted by Crippen LogP contribution is 2.35. The molecule has 1 aliphatic rings. The fourth-order valence-corrected chi connectivity index (χ4v) is 5.68. The summed E-state index contributed by atoms with van der Waals surface area (Å²) in [4.78, 5) is 24.0. The van der Waals surface area contributed by atoms with E-state index in [9.17, 15) is 26.4 Å². The van der Waals surface area contributed by atoms with Crippen molar-refractivity contribution < 1.29 is 31.1 Å². The summed E-state index contributed by atoms with van der Waals surface area (Å²) in [5.41, 5.74) is 6.44. The third-order valence-corrected chi connectivity index (χ3v) is 8.20. The fourth-order valence-electron chi connectivity index (χ4n) is 4.48. The van der Waals surface area contributed by atoms with Gasteiger partial charge in [-0.15, -0.1) is 0 Å². The number of amides is 1. The van der Waals surface area contributed by atoms with E-state index in [0.717, 1.165) is 12.1 Å². The second-order valence-electron chi connectivity index (χ2n) is 9.65. The molecule has 1 aliphatic heterocycles. The third-order valence-electron chi connectivity index (χ3n) is 6.59. The number of fused-ring (bicyclic) bond motifs is 1. The molecule has 1 unspecified atom stereocenters. The molecule has 0 spiro atoms. The Bertz CT molecular complexity index is 1520. The molecule has 0 saturated carbocycles. The number of nitrogen functional groups attached to an aromatic ring is 1. The van der Waals surface area contributed by atoms with E-state index in [1.54, 1.807) is 33.1 Å². The molecular formula is C26H31F3N6O4S. The monoisotopic (exact) mass is 580 g/mol. The van der Waals surface area contributed by atoms with Crippen LogP contribution in [0.25, 0.3) is 10.9 Å². The van der Waals surface area contributed by atoms with Gasteiger partial charge in [0.05, 0.1) is 40.8 Å². The van der Waals surface area contributed by atoms with Gasteiger partial charge >= 0.3 is 6.18 Å². The number of nitrogens with two attached hydrogens (primary N) is 1. The summed E-state index contributed by atoms with van der Waals surface area (Å²) in [5, 5.41) is 6.90. The fraction of sp³-hybridized carbons (Fsp3) is 0.423. The molecule has 4 rings (SSSR count). The first kappa shape index (κ1) is 29.3. The van der Waals surface area contributed by atoms with E-state index in [1.807, 2.05) is 0 Å². The summed E-state index contributed by atoms with van der Waals surface area (Å²) < 4.78 is 69.0. The van der Waals surface area contributed by atoms with Gasteiger partial charge in [-0.25, -0.2) is 18.4 Å². The van der Waals surface area contributed by atoms with E-state index in [4.69, 9.17) is 10.5 Å². The second-order valence-corrected chi connectivity index (χ2v) is 12.0. The number of methoxy groups -OCH3 is 1. The molecule has 2 aromatic carbocycles. The van der Waals surface area contributed by atoms with Gasteiger partial charge < -0.3 is 26.0 Å². The minimum absolute atomic E-state index is 0.0134. The number of carbonyl (C=O) groups excluding carboxylic acids is 1. The van der Waals surface area contributed by atoms with Crippen molar-refractivity contribution in [3.05, 3.63) is 52.8 Å². The number of hydrogen-bond donors (Lipinski definition) is 3. The van der Waals surface area contributed by atoms with Gasteiger partial charge in [0.2, 0.25) is 0 Å². The van der Waals surface area contributed by atoms with Gasteiger partial charge in [0.1, 0.15) is 11.6 Å². The molecule has 14 heteroatoms. The first-order valence-corrected chi connectivity index (χ1v) is 14.4. The van der Waals surface area contributed by atoms with Crippen molar-refractivity contribution in [3.63, 3.8) is 0 Å². The Labute approximate surface area is 230 Å². The summed E-state index contributed by atoms with van der Waals surface area (Å²) in [6.45, 7) is 4.27. The Kier molecular flexibility index (Phi) is 8.40. The smallest absolute Gasteiger partial charge is 0.399 e. The first-order chi connectivity index (χ1) is 18.8.